The Bertz CT molecular complexity index is 87.5. The molecule has 0 rings (SSSR count). The van der Waals surface area contributed by atoms with E-state index in [1.54, 1.807) is 0 Å². The summed E-state index contributed by atoms with van der Waals surface area (Å²) in [5, 5.41) is 8.58. The summed E-state index contributed by atoms with van der Waals surface area (Å²) in [4.78, 5) is 0. The van der Waals surface area contributed by atoms with Gasteiger partial charge < -0.3 is 5.11 Å². The van der Waals surface area contributed by atoms with Crippen molar-refractivity contribution >= 4 is 0 Å². The van der Waals surface area contributed by atoms with Crippen LogP contribution >= 0.6 is 0 Å². The highest BCUT2D eigenvalue weighted by Crippen LogP contribution is 2.22. The number of hydrogen-bond donors (Lipinski definition) is 1. The van der Waals surface area contributed by atoms with E-state index in [1.807, 2.05) is 0 Å². The van der Waals surface area contributed by atoms with Crippen molar-refractivity contribution in [2.75, 3.05) is 0 Å². The van der Waals surface area contributed by atoms with Crippen LogP contribution in [0, 0.1) is 0 Å². The molecule has 1 N–H and O–H groups in total. The number of aliphatic hydroxyl groups is 1. The predicted octanol–water partition coefficient (Wildman–Crippen LogP) is 2.10. The number of hydrogen-bond acceptors (Lipinski definition) is 1. The van der Waals surface area contributed by atoms with Gasteiger partial charge in [-0.25, -0.2) is 0 Å². The first kappa shape index (κ1) is 9.75. The lowest BCUT2D eigenvalue weighted by molar-refractivity contribution is -0.136. The molecule has 0 amide bonds. The molecule has 0 aliphatic carbocycles. The van der Waals surface area contributed by atoms with Gasteiger partial charge in [-0.2, -0.15) is 13.2 Å². The van der Waals surface area contributed by atoms with Gasteiger partial charge in [-0.05, 0) is 19.8 Å². The predicted molar refractivity (Wildman–Crippen MR) is 31.6 cm³/mol. The second-order valence-corrected chi connectivity index (χ2v) is 2.36. The van der Waals surface area contributed by atoms with Crippen LogP contribution in [0.2, 0.25) is 0 Å². The van der Waals surface area contributed by atoms with E-state index in [0.717, 1.165) is 0 Å². The van der Waals surface area contributed by atoms with Crippen LogP contribution in [0.3, 0.4) is 0 Å². The van der Waals surface area contributed by atoms with Crippen LogP contribution in [-0.2, 0) is 0 Å². The van der Waals surface area contributed by atoms with Crippen LogP contribution in [0.4, 0.5) is 13.2 Å². The standard InChI is InChI=1S/C6H11F3O/c1-5(10)3-2-4-6(7,8)9/h5,10H,2-4H2,1H3/t5-/m1/s1. The van der Waals surface area contributed by atoms with Gasteiger partial charge in [0.05, 0.1) is 6.10 Å². The average molecular weight is 156 g/mol. The Hall–Kier alpha value is -0.250. The molecule has 0 fully saturated rings. The van der Waals surface area contributed by atoms with Crippen LogP contribution in [0.5, 0.6) is 0 Å². The fraction of sp³-hybridized carbons (Fsp3) is 1.00. The fourth-order valence-corrected chi connectivity index (χ4v) is 0.598. The summed E-state index contributed by atoms with van der Waals surface area (Å²) in [7, 11) is 0. The summed E-state index contributed by atoms with van der Waals surface area (Å²) < 4.78 is 34.3. The molecule has 0 aromatic carbocycles. The van der Waals surface area contributed by atoms with Gasteiger partial charge in [0.15, 0.2) is 0 Å². The molecule has 0 heterocycles. The molecule has 1 nitrogen and oxygen atoms in total. The molecule has 0 saturated heterocycles. The molecule has 0 radical (unpaired) electrons. The summed E-state index contributed by atoms with van der Waals surface area (Å²) in [5.74, 6) is 0. The summed E-state index contributed by atoms with van der Waals surface area (Å²) in [6, 6.07) is 0. The zero-order chi connectivity index (χ0) is 8.20. The molecule has 0 spiro atoms. The summed E-state index contributed by atoms with van der Waals surface area (Å²) in [6.45, 7) is 1.48. The molecular weight excluding hydrogens is 145 g/mol. The minimum Gasteiger partial charge on any atom is -0.393 e. The summed E-state index contributed by atoms with van der Waals surface area (Å²) in [6.07, 6.45) is -5.25. The third-order valence-electron chi connectivity index (χ3n) is 1.08. The fourth-order valence-electron chi connectivity index (χ4n) is 0.598. The van der Waals surface area contributed by atoms with E-state index in [4.69, 9.17) is 5.11 Å². The van der Waals surface area contributed by atoms with E-state index in [1.165, 1.54) is 6.92 Å². The quantitative estimate of drug-likeness (QED) is 0.663. The van der Waals surface area contributed by atoms with Crippen molar-refractivity contribution < 1.29 is 18.3 Å². The zero-order valence-electron chi connectivity index (χ0n) is 5.78. The van der Waals surface area contributed by atoms with Crippen molar-refractivity contribution in [2.24, 2.45) is 0 Å². The van der Waals surface area contributed by atoms with Crippen molar-refractivity contribution in [3.05, 3.63) is 0 Å². The molecule has 1 atom stereocenters. The maximum absolute atomic E-state index is 11.4. The molecule has 4 heteroatoms. The minimum absolute atomic E-state index is 0.0150. The van der Waals surface area contributed by atoms with E-state index < -0.39 is 18.7 Å². The van der Waals surface area contributed by atoms with Crippen LogP contribution < -0.4 is 0 Å². The normalized spacial score (nSPS) is 15.3. The van der Waals surface area contributed by atoms with E-state index in [2.05, 4.69) is 0 Å². The highest BCUT2D eigenvalue weighted by atomic mass is 19.4. The van der Waals surface area contributed by atoms with Gasteiger partial charge in [0.25, 0.3) is 0 Å². The van der Waals surface area contributed by atoms with Crippen molar-refractivity contribution in [2.45, 2.75) is 38.5 Å². The first-order chi connectivity index (χ1) is 4.42. The third kappa shape index (κ3) is 7.75. The monoisotopic (exact) mass is 156 g/mol. The van der Waals surface area contributed by atoms with Gasteiger partial charge >= 0.3 is 6.18 Å². The Kier molecular flexibility index (Phi) is 3.71. The van der Waals surface area contributed by atoms with Crippen molar-refractivity contribution in [1.29, 1.82) is 0 Å². The first-order valence-corrected chi connectivity index (χ1v) is 3.16. The van der Waals surface area contributed by atoms with E-state index in [9.17, 15) is 13.2 Å². The molecule has 0 aromatic rings. The maximum atomic E-state index is 11.4. The largest absolute Gasteiger partial charge is 0.393 e. The van der Waals surface area contributed by atoms with Crippen LogP contribution in [0.1, 0.15) is 26.2 Å². The molecule has 0 aromatic heterocycles. The highest BCUT2D eigenvalue weighted by Gasteiger charge is 2.25. The van der Waals surface area contributed by atoms with Crippen LogP contribution in [0.25, 0.3) is 0 Å². The zero-order valence-corrected chi connectivity index (χ0v) is 5.78. The number of alkyl halides is 3. The smallest absolute Gasteiger partial charge is 0.389 e. The van der Waals surface area contributed by atoms with Gasteiger partial charge in [0, 0.05) is 6.42 Å². The molecule has 0 saturated carbocycles. The molecule has 10 heavy (non-hydrogen) atoms. The Morgan fingerprint density at radius 2 is 1.90 bits per heavy atom. The van der Waals surface area contributed by atoms with Crippen molar-refractivity contribution in [1.82, 2.24) is 0 Å². The topological polar surface area (TPSA) is 20.2 Å². The molecular formula is C6H11F3O. The molecule has 0 aliphatic rings. The van der Waals surface area contributed by atoms with Crippen LogP contribution in [0.15, 0.2) is 0 Å². The van der Waals surface area contributed by atoms with E-state index >= 15 is 0 Å². The number of rotatable bonds is 3. The Balaban J connectivity index is 3.21. The second-order valence-electron chi connectivity index (χ2n) is 2.36. The maximum Gasteiger partial charge on any atom is 0.389 e. The minimum atomic E-state index is -4.07. The van der Waals surface area contributed by atoms with Crippen molar-refractivity contribution in [3.8, 4) is 0 Å². The average Bonchev–Trinajstić information content (AvgIpc) is 1.59. The summed E-state index contributed by atoms with van der Waals surface area (Å²) in [5.41, 5.74) is 0. The lowest BCUT2D eigenvalue weighted by Crippen LogP contribution is -2.08. The summed E-state index contributed by atoms with van der Waals surface area (Å²) >= 11 is 0. The van der Waals surface area contributed by atoms with Gasteiger partial charge in [-0.15, -0.1) is 0 Å². The Morgan fingerprint density at radius 3 is 2.20 bits per heavy atom. The Labute approximate surface area is 57.9 Å². The number of halogens is 3. The Morgan fingerprint density at radius 1 is 1.40 bits per heavy atom. The second kappa shape index (κ2) is 3.81. The van der Waals surface area contributed by atoms with E-state index in [0.29, 0.717) is 0 Å². The van der Waals surface area contributed by atoms with Gasteiger partial charge in [-0.1, -0.05) is 0 Å². The van der Waals surface area contributed by atoms with E-state index in [-0.39, 0.29) is 12.8 Å². The highest BCUT2D eigenvalue weighted by molar-refractivity contribution is 4.53. The SMILES string of the molecule is C[C@@H](O)CCCC(F)(F)F. The molecule has 0 unspecified atom stereocenters. The van der Waals surface area contributed by atoms with Crippen molar-refractivity contribution in [3.63, 3.8) is 0 Å². The lowest BCUT2D eigenvalue weighted by atomic mass is 10.2. The van der Waals surface area contributed by atoms with Gasteiger partial charge in [-0.3, -0.25) is 0 Å². The first-order valence-electron chi connectivity index (χ1n) is 3.16. The van der Waals surface area contributed by atoms with Crippen LogP contribution in [-0.4, -0.2) is 17.4 Å². The van der Waals surface area contributed by atoms with Gasteiger partial charge in [0.2, 0.25) is 0 Å². The lowest BCUT2D eigenvalue weighted by Gasteiger charge is -2.06. The van der Waals surface area contributed by atoms with Gasteiger partial charge in [0.1, 0.15) is 0 Å². The third-order valence-corrected chi connectivity index (χ3v) is 1.08. The molecule has 0 bridgehead atoms. The number of aliphatic hydroxyl groups excluding tert-OH is 1. The molecule has 62 valence electrons. The molecule has 0 aliphatic heterocycles.